The van der Waals surface area contributed by atoms with Gasteiger partial charge in [0.2, 0.25) is 0 Å². The molecule has 102 valence electrons. The number of nitrogens with one attached hydrogen (secondary N) is 1. The highest BCUT2D eigenvalue weighted by Gasteiger charge is 2.08. The Hall–Kier alpha value is -2.78. The fourth-order valence-electron chi connectivity index (χ4n) is 2.06. The van der Waals surface area contributed by atoms with Crippen LogP contribution in [-0.2, 0) is 0 Å². The lowest BCUT2D eigenvalue weighted by molar-refractivity contribution is 0.946. The second-order valence-corrected chi connectivity index (χ2v) is 5.38. The molecule has 0 spiro atoms. The van der Waals surface area contributed by atoms with E-state index in [1.807, 2.05) is 30.3 Å². The maximum atomic E-state index is 11.4. The molecule has 0 aliphatic heterocycles. The number of aromatic nitrogens is 2. The van der Waals surface area contributed by atoms with Gasteiger partial charge in [-0.2, -0.15) is 5.26 Å². The number of nitrogen functional groups attached to an aromatic ring is 1. The number of hydrogen-bond donors (Lipinski definition) is 2. The van der Waals surface area contributed by atoms with Gasteiger partial charge in [0.15, 0.2) is 5.16 Å². The van der Waals surface area contributed by atoms with Crippen molar-refractivity contribution in [2.75, 3.05) is 5.73 Å². The molecule has 3 rings (SSSR count). The quantitative estimate of drug-likeness (QED) is 0.708. The lowest BCUT2D eigenvalue weighted by atomic mass is 10.1. The van der Waals surface area contributed by atoms with E-state index < -0.39 is 0 Å². The molecule has 1 aromatic heterocycles. The van der Waals surface area contributed by atoms with Crippen LogP contribution in [0.15, 0.2) is 57.3 Å². The zero-order valence-electron chi connectivity index (χ0n) is 10.8. The van der Waals surface area contributed by atoms with Gasteiger partial charge >= 0.3 is 0 Å². The minimum absolute atomic E-state index is 0.180. The number of aromatic amines is 1. The summed E-state index contributed by atoms with van der Waals surface area (Å²) in [5, 5.41) is 11.4. The Bertz CT molecular complexity index is 927. The summed E-state index contributed by atoms with van der Waals surface area (Å²) in [5.74, 6) is 0.180. The van der Waals surface area contributed by atoms with Gasteiger partial charge in [-0.1, -0.05) is 36.0 Å². The average Bonchev–Trinajstić information content (AvgIpc) is 2.46. The summed E-state index contributed by atoms with van der Waals surface area (Å²) in [7, 11) is 0. The molecule has 0 amide bonds. The molecule has 0 radical (unpaired) electrons. The van der Waals surface area contributed by atoms with Gasteiger partial charge in [-0.3, -0.25) is 4.79 Å². The topological polar surface area (TPSA) is 95.6 Å². The van der Waals surface area contributed by atoms with E-state index in [1.165, 1.54) is 17.8 Å². The highest BCUT2D eigenvalue weighted by Crippen LogP contribution is 2.32. The van der Waals surface area contributed by atoms with Crippen molar-refractivity contribution >= 4 is 28.4 Å². The Morgan fingerprint density at radius 2 is 1.95 bits per heavy atom. The normalized spacial score (nSPS) is 10.4. The number of benzene rings is 2. The van der Waals surface area contributed by atoms with Gasteiger partial charge < -0.3 is 10.7 Å². The van der Waals surface area contributed by atoms with E-state index in [-0.39, 0.29) is 11.4 Å². The molecular weight excluding hydrogens is 284 g/mol. The molecule has 3 N–H and O–H groups in total. The smallest absolute Gasteiger partial charge is 0.253 e. The number of nitrogens with zero attached hydrogens (tertiary/aromatic N) is 2. The van der Waals surface area contributed by atoms with E-state index in [9.17, 15) is 4.79 Å². The predicted molar refractivity (Wildman–Crippen MR) is 82.1 cm³/mol. The van der Waals surface area contributed by atoms with Crippen LogP contribution < -0.4 is 11.3 Å². The molecule has 0 saturated carbocycles. The van der Waals surface area contributed by atoms with Crippen molar-refractivity contribution in [1.82, 2.24) is 9.97 Å². The molecule has 0 fully saturated rings. The Morgan fingerprint density at radius 1 is 1.19 bits per heavy atom. The van der Waals surface area contributed by atoms with Gasteiger partial charge in [0, 0.05) is 16.3 Å². The van der Waals surface area contributed by atoms with E-state index in [1.54, 1.807) is 6.07 Å². The third-order valence-electron chi connectivity index (χ3n) is 2.95. The molecule has 1 heterocycles. The number of fused-ring (bicyclic) bond motifs is 1. The molecule has 3 aromatic rings. The minimum Gasteiger partial charge on any atom is -0.383 e. The first-order valence-electron chi connectivity index (χ1n) is 6.14. The number of hydrogen-bond acceptors (Lipinski definition) is 5. The number of nitriles is 1. The van der Waals surface area contributed by atoms with Gasteiger partial charge in [-0.05, 0) is 17.5 Å². The average molecular weight is 294 g/mol. The Balaban J connectivity index is 2.13. The largest absolute Gasteiger partial charge is 0.383 e. The number of anilines is 1. The molecule has 0 saturated heterocycles. The van der Waals surface area contributed by atoms with Crippen LogP contribution in [0.3, 0.4) is 0 Å². The second kappa shape index (κ2) is 5.31. The highest BCUT2D eigenvalue weighted by atomic mass is 32.2. The van der Waals surface area contributed by atoms with E-state index >= 15 is 0 Å². The highest BCUT2D eigenvalue weighted by molar-refractivity contribution is 7.99. The summed E-state index contributed by atoms with van der Waals surface area (Å²) >= 11 is 1.31. The van der Waals surface area contributed by atoms with Crippen molar-refractivity contribution in [2.24, 2.45) is 0 Å². The van der Waals surface area contributed by atoms with E-state index in [2.05, 4.69) is 16.0 Å². The molecule has 21 heavy (non-hydrogen) atoms. The van der Waals surface area contributed by atoms with Crippen molar-refractivity contribution in [3.63, 3.8) is 0 Å². The van der Waals surface area contributed by atoms with E-state index in [0.29, 0.717) is 10.7 Å². The van der Waals surface area contributed by atoms with Gasteiger partial charge in [-0.15, -0.1) is 0 Å². The summed E-state index contributed by atoms with van der Waals surface area (Å²) in [6.45, 7) is 0. The Labute approximate surface area is 124 Å². The molecule has 0 unspecified atom stereocenters. The van der Waals surface area contributed by atoms with Crippen LogP contribution in [0.25, 0.3) is 10.8 Å². The van der Waals surface area contributed by atoms with Crippen LogP contribution in [0, 0.1) is 11.3 Å². The third-order valence-corrected chi connectivity index (χ3v) is 3.91. The Morgan fingerprint density at radius 3 is 2.67 bits per heavy atom. The Kier molecular flexibility index (Phi) is 3.34. The van der Waals surface area contributed by atoms with E-state index in [4.69, 9.17) is 11.0 Å². The fraction of sp³-hybridized carbons (Fsp3) is 0. The molecule has 5 nitrogen and oxygen atoms in total. The molecule has 0 atom stereocenters. The SMILES string of the molecule is N#Cc1ccc(Sc2nc(N)cc(=O)[nH]2)c2ccccc12. The first-order chi connectivity index (χ1) is 10.2. The summed E-state index contributed by atoms with van der Waals surface area (Å²) < 4.78 is 0. The zero-order chi connectivity index (χ0) is 14.8. The summed E-state index contributed by atoms with van der Waals surface area (Å²) in [4.78, 5) is 19.1. The lowest BCUT2D eigenvalue weighted by Gasteiger charge is -2.07. The van der Waals surface area contributed by atoms with Crippen molar-refractivity contribution < 1.29 is 0 Å². The third kappa shape index (κ3) is 2.59. The van der Waals surface area contributed by atoms with Crippen LogP contribution in [-0.4, -0.2) is 9.97 Å². The van der Waals surface area contributed by atoms with Crippen molar-refractivity contribution in [2.45, 2.75) is 10.1 Å². The standard InChI is InChI=1S/C15H10N4OS/c16-8-9-5-6-12(11-4-2-1-3-10(9)11)21-15-18-13(17)7-14(20)19-15/h1-7H,(H3,17,18,19,20). The second-order valence-electron chi connectivity index (χ2n) is 4.35. The van der Waals surface area contributed by atoms with Gasteiger partial charge in [0.25, 0.3) is 5.56 Å². The maximum absolute atomic E-state index is 11.4. The minimum atomic E-state index is -0.289. The van der Waals surface area contributed by atoms with Crippen molar-refractivity contribution in [3.05, 3.63) is 58.4 Å². The molecule has 0 aliphatic carbocycles. The molecule has 2 aromatic carbocycles. The van der Waals surface area contributed by atoms with Gasteiger partial charge in [0.05, 0.1) is 11.6 Å². The first kappa shape index (κ1) is 13.2. The zero-order valence-corrected chi connectivity index (χ0v) is 11.6. The van der Waals surface area contributed by atoms with E-state index in [0.717, 1.165) is 15.7 Å². The lowest BCUT2D eigenvalue weighted by Crippen LogP contribution is -2.09. The van der Waals surface area contributed by atoms with Crippen LogP contribution in [0.2, 0.25) is 0 Å². The van der Waals surface area contributed by atoms with Gasteiger partial charge in [0.1, 0.15) is 5.82 Å². The summed E-state index contributed by atoms with van der Waals surface area (Å²) in [6.07, 6.45) is 0. The molecule has 6 heteroatoms. The maximum Gasteiger partial charge on any atom is 0.253 e. The molecular formula is C15H10N4OS. The first-order valence-corrected chi connectivity index (χ1v) is 6.95. The number of H-pyrrole nitrogens is 1. The van der Waals surface area contributed by atoms with Crippen LogP contribution in [0.5, 0.6) is 0 Å². The van der Waals surface area contributed by atoms with Gasteiger partial charge in [-0.25, -0.2) is 4.98 Å². The van der Waals surface area contributed by atoms with Crippen molar-refractivity contribution in [3.8, 4) is 6.07 Å². The number of nitrogens with two attached hydrogens (primary N) is 1. The van der Waals surface area contributed by atoms with Crippen molar-refractivity contribution in [1.29, 1.82) is 5.26 Å². The predicted octanol–water partition coefficient (Wildman–Crippen LogP) is 2.53. The summed E-state index contributed by atoms with van der Waals surface area (Å²) in [5.41, 5.74) is 5.91. The number of rotatable bonds is 2. The molecule has 0 bridgehead atoms. The fourth-order valence-corrected chi connectivity index (χ4v) is 3.00. The summed E-state index contributed by atoms with van der Waals surface area (Å²) in [6, 6.07) is 14.6. The van der Waals surface area contributed by atoms with Crippen LogP contribution in [0.1, 0.15) is 5.56 Å². The van der Waals surface area contributed by atoms with Crippen LogP contribution in [0.4, 0.5) is 5.82 Å². The monoisotopic (exact) mass is 294 g/mol. The van der Waals surface area contributed by atoms with Crippen LogP contribution >= 0.6 is 11.8 Å². The molecule has 0 aliphatic rings.